The van der Waals surface area contributed by atoms with E-state index in [1.54, 1.807) is 24.3 Å². The molecular formula is C17H13BrClN3O2S. The lowest BCUT2D eigenvalue weighted by Crippen LogP contribution is -2.12. The summed E-state index contributed by atoms with van der Waals surface area (Å²) in [5, 5.41) is 12.7. The highest BCUT2D eigenvalue weighted by molar-refractivity contribution is 9.10. The van der Waals surface area contributed by atoms with Gasteiger partial charge in [-0.25, -0.2) is 0 Å². The van der Waals surface area contributed by atoms with E-state index in [0.29, 0.717) is 28.7 Å². The van der Waals surface area contributed by atoms with Gasteiger partial charge < -0.3 is 4.74 Å². The summed E-state index contributed by atoms with van der Waals surface area (Å²) < 4.78 is 6.36. The Hall–Kier alpha value is -1.96. The number of halogens is 2. The van der Waals surface area contributed by atoms with Gasteiger partial charge in [0.05, 0.1) is 12.2 Å². The van der Waals surface area contributed by atoms with Gasteiger partial charge in [-0.3, -0.25) is 10.1 Å². The van der Waals surface area contributed by atoms with Crippen LogP contribution in [0.5, 0.6) is 5.75 Å². The monoisotopic (exact) mass is 437 g/mol. The minimum absolute atomic E-state index is 0.229. The summed E-state index contributed by atoms with van der Waals surface area (Å²) in [4.78, 5) is 12.2. The van der Waals surface area contributed by atoms with Crippen molar-refractivity contribution in [3.05, 3.63) is 68.6 Å². The maximum absolute atomic E-state index is 12.2. The molecule has 0 bridgehead atoms. The first-order valence-corrected chi connectivity index (χ1v) is 9.37. The molecule has 5 nitrogen and oxygen atoms in total. The molecule has 0 aliphatic heterocycles. The van der Waals surface area contributed by atoms with Crippen molar-refractivity contribution in [2.45, 2.75) is 6.42 Å². The fourth-order valence-electron chi connectivity index (χ4n) is 2.00. The number of anilines is 1. The second-order valence-corrected chi connectivity index (χ2v) is 7.34. The van der Waals surface area contributed by atoms with Crippen LogP contribution in [-0.2, 0) is 6.42 Å². The van der Waals surface area contributed by atoms with Crippen molar-refractivity contribution >= 4 is 49.9 Å². The molecule has 0 radical (unpaired) electrons. The third-order valence-electron chi connectivity index (χ3n) is 3.20. The SMILES string of the molecule is O=C(Nc1nnc(CCOc2ccc(Cl)cc2)s1)c1ccccc1Br. The van der Waals surface area contributed by atoms with Crippen LogP contribution < -0.4 is 10.1 Å². The molecule has 1 heterocycles. The highest BCUT2D eigenvalue weighted by Gasteiger charge is 2.12. The fourth-order valence-corrected chi connectivity index (χ4v) is 3.31. The molecule has 0 saturated heterocycles. The van der Waals surface area contributed by atoms with E-state index in [1.807, 2.05) is 24.3 Å². The van der Waals surface area contributed by atoms with E-state index in [2.05, 4.69) is 31.4 Å². The minimum atomic E-state index is -0.229. The first-order chi connectivity index (χ1) is 12.1. The zero-order valence-corrected chi connectivity index (χ0v) is 16.1. The van der Waals surface area contributed by atoms with E-state index in [-0.39, 0.29) is 5.91 Å². The Bertz CT molecular complexity index is 870. The summed E-state index contributed by atoms with van der Waals surface area (Å²) in [6.07, 6.45) is 0.602. The largest absolute Gasteiger partial charge is 0.493 e. The van der Waals surface area contributed by atoms with Gasteiger partial charge in [0.15, 0.2) is 0 Å². The van der Waals surface area contributed by atoms with Crippen LogP contribution in [0, 0.1) is 0 Å². The summed E-state index contributed by atoms with van der Waals surface area (Å²) in [7, 11) is 0. The van der Waals surface area contributed by atoms with Crippen LogP contribution in [0.2, 0.25) is 5.02 Å². The van der Waals surface area contributed by atoms with Crippen LogP contribution in [0.25, 0.3) is 0 Å². The Kier molecular flexibility index (Phi) is 6.01. The normalized spacial score (nSPS) is 10.5. The summed E-state index contributed by atoms with van der Waals surface area (Å²) in [5.41, 5.74) is 0.547. The van der Waals surface area contributed by atoms with Crippen LogP contribution in [0.15, 0.2) is 53.0 Å². The molecule has 25 heavy (non-hydrogen) atoms. The lowest BCUT2D eigenvalue weighted by Gasteiger charge is -2.04. The molecule has 3 rings (SSSR count). The fraction of sp³-hybridized carbons (Fsp3) is 0.118. The summed E-state index contributed by atoms with van der Waals surface area (Å²) in [6.45, 7) is 0.467. The Morgan fingerprint density at radius 1 is 1.16 bits per heavy atom. The van der Waals surface area contributed by atoms with Gasteiger partial charge in [0.25, 0.3) is 5.91 Å². The number of carbonyl (C=O) groups excluding carboxylic acids is 1. The quantitative estimate of drug-likeness (QED) is 0.599. The number of aromatic nitrogens is 2. The van der Waals surface area contributed by atoms with Crippen molar-refractivity contribution in [2.24, 2.45) is 0 Å². The number of nitrogens with zero attached hydrogens (tertiary/aromatic N) is 2. The van der Waals surface area contributed by atoms with Gasteiger partial charge in [0.2, 0.25) is 5.13 Å². The molecule has 1 aromatic heterocycles. The van der Waals surface area contributed by atoms with Crippen LogP contribution in [0.4, 0.5) is 5.13 Å². The molecule has 0 spiro atoms. The number of hydrogen-bond acceptors (Lipinski definition) is 5. The van der Waals surface area contributed by atoms with Crippen molar-refractivity contribution < 1.29 is 9.53 Å². The molecule has 1 N–H and O–H groups in total. The summed E-state index contributed by atoms with van der Waals surface area (Å²) in [5.74, 6) is 0.518. The lowest BCUT2D eigenvalue weighted by atomic mass is 10.2. The van der Waals surface area contributed by atoms with Crippen LogP contribution in [-0.4, -0.2) is 22.7 Å². The molecule has 0 unspecified atom stereocenters. The first kappa shape index (κ1) is 17.8. The Labute approximate surface area is 162 Å². The molecule has 0 saturated carbocycles. The maximum atomic E-state index is 12.2. The number of hydrogen-bond donors (Lipinski definition) is 1. The van der Waals surface area contributed by atoms with Crippen LogP contribution >= 0.6 is 38.9 Å². The molecule has 3 aromatic rings. The van der Waals surface area contributed by atoms with Crippen LogP contribution in [0.3, 0.4) is 0 Å². The molecular weight excluding hydrogens is 426 g/mol. The first-order valence-electron chi connectivity index (χ1n) is 7.38. The molecule has 0 fully saturated rings. The van der Waals surface area contributed by atoms with E-state index in [1.165, 1.54) is 11.3 Å². The average Bonchev–Trinajstić information content (AvgIpc) is 3.04. The summed E-state index contributed by atoms with van der Waals surface area (Å²) >= 11 is 10.5. The van der Waals surface area contributed by atoms with Gasteiger partial charge in [-0.1, -0.05) is 35.1 Å². The van der Waals surface area contributed by atoms with Crippen molar-refractivity contribution in [3.8, 4) is 5.75 Å². The second-order valence-electron chi connectivity index (χ2n) is 4.99. The molecule has 0 atom stereocenters. The number of ether oxygens (including phenoxy) is 1. The van der Waals surface area contributed by atoms with Crippen molar-refractivity contribution in [1.82, 2.24) is 10.2 Å². The Balaban J connectivity index is 1.53. The highest BCUT2D eigenvalue weighted by Crippen LogP contribution is 2.21. The van der Waals surface area contributed by atoms with Gasteiger partial charge in [-0.15, -0.1) is 10.2 Å². The topological polar surface area (TPSA) is 64.1 Å². The van der Waals surface area contributed by atoms with Gasteiger partial charge in [0.1, 0.15) is 10.8 Å². The standard InChI is InChI=1S/C17H13BrClN3O2S/c18-14-4-2-1-3-13(14)16(23)20-17-22-21-15(25-17)9-10-24-12-7-5-11(19)6-8-12/h1-8H,9-10H2,(H,20,22,23). The minimum Gasteiger partial charge on any atom is -0.493 e. The maximum Gasteiger partial charge on any atom is 0.258 e. The van der Waals surface area contributed by atoms with E-state index in [0.717, 1.165) is 15.2 Å². The number of amides is 1. The van der Waals surface area contributed by atoms with Crippen molar-refractivity contribution in [1.29, 1.82) is 0 Å². The number of benzene rings is 2. The lowest BCUT2D eigenvalue weighted by molar-refractivity contribution is 0.102. The molecule has 0 aliphatic rings. The molecule has 1 amide bonds. The number of nitrogens with one attached hydrogen (secondary N) is 1. The van der Waals surface area contributed by atoms with E-state index < -0.39 is 0 Å². The highest BCUT2D eigenvalue weighted by atomic mass is 79.9. The van der Waals surface area contributed by atoms with Gasteiger partial charge >= 0.3 is 0 Å². The van der Waals surface area contributed by atoms with Crippen LogP contribution in [0.1, 0.15) is 15.4 Å². The molecule has 2 aromatic carbocycles. The Morgan fingerprint density at radius 2 is 1.92 bits per heavy atom. The molecule has 0 aliphatic carbocycles. The smallest absolute Gasteiger partial charge is 0.258 e. The van der Waals surface area contributed by atoms with E-state index >= 15 is 0 Å². The van der Waals surface area contributed by atoms with Gasteiger partial charge in [-0.2, -0.15) is 0 Å². The number of carbonyl (C=O) groups is 1. The zero-order chi connectivity index (χ0) is 17.6. The van der Waals surface area contributed by atoms with Gasteiger partial charge in [-0.05, 0) is 52.3 Å². The predicted molar refractivity (Wildman–Crippen MR) is 103 cm³/mol. The zero-order valence-electron chi connectivity index (χ0n) is 12.9. The number of rotatable bonds is 6. The van der Waals surface area contributed by atoms with Crippen molar-refractivity contribution in [2.75, 3.05) is 11.9 Å². The van der Waals surface area contributed by atoms with Crippen molar-refractivity contribution in [3.63, 3.8) is 0 Å². The average molecular weight is 439 g/mol. The van der Waals surface area contributed by atoms with E-state index in [4.69, 9.17) is 16.3 Å². The third kappa shape index (κ3) is 5.01. The molecule has 8 heteroatoms. The third-order valence-corrected chi connectivity index (χ3v) is 5.05. The second kappa shape index (κ2) is 8.42. The summed E-state index contributed by atoms with van der Waals surface area (Å²) in [6, 6.07) is 14.4. The molecule has 128 valence electrons. The predicted octanol–water partition coefficient (Wildman–Crippen LogP) is 4.83. The Morgan fingerprint density at radius 3 is 2.68 bits per heavy atom. The van der Waals surface area contributed by atoms with E-state index in [9.17, 15) is 4.79 Å². The van der Waals surface area contributed by atoms with Gasteiger partial charge in [0, 0.05) is 15.9 Å².